The van der Waals surface area contributed by atoms with E-state index in [0.29, 0.717) is 11.6 Å². The van der Waals surface area contributed by atoms with Crippen molar-refractivity contribution in [3.8, 4) is 0 Å². The zero-order valence-electron chi connectivity index (χ0n) is 13.3. The van der Waals surface area contributed by atoms with Crippen LogP contribution in [-0.2, 0) is 4.74 Å². The van der Waals surface area contributed by atoms with Crippen molar-refractivity contribution >= 4 is 22.8 Å². The average molecular weight is 299 g/mol. The zero-order chi connectivity index (χ0) is 15.7. The van der Waals surface area contributed by atoms with Gasteiger partial charge in [0, 0.05) is 12.6 Å². The summed E-state index contributed by atoms with van der Waals surface area (Å²) in [6, 6.07) is 5.78. The zero-order valence-corrected chi connectivity index (χ0v) is 13.3. The number of esters is 1. The first-order valence-corrected chi connectivity index (χ1v) is 7.73. The van der Waals surface area contributed by atoms with Gasteiger partial charge in [-0.1, -0.05) is 0 Å². The summed E-state index contributed by atoms with van der Waals surface area (Å²) in [6.07, 6.45) is 3.64. The number of rotatable bonds is 2. The Morgan fingerprint density at radius 3 is 2.82 bits per heavy atom. The van der Waals surface area contributed by atoms with Crippen molar-refractivity contribution in [1.29, 1.82) is 0 Å². The van der Waals surface area contributed by atoms with E-state index in [9.17, 15) is 4.79 Å². The molecule has 1 saturated heterocycles. The summed E-state index contributed by atoms with van der Waals surface area (Å²) in [6.45, 7) is 5.24. The van der Waals surface area contributed by atoms with Gasteiger partial charge in [0.1, 0.15) is 0 Å². The highest BCUT2D eigenvalue weighted by atomic mass is 16.5. The number of ether oxygens (including phenoxy) is 1. The Hall–Kier alpha value is -2.17. The highest BCUT2D eigenvalue weighted by Gasteiger charge is 2.22. The largest absolute Gasteiger partial charge is 0.465 e. The fourth-order valence-electron chi connectivity index (χ4n) is 3.06. The van der Waals surface area contributed by atoms with Crippen LogP contribution in [0.4, 0.5) is 5.82 Å². The molecule has 0 amide bonds. The molecule has 1 atom stereocenters. The molecule has 116 valence electrons. The van der Waals surface area contributed by atoms with Crippen molar-refractivity contribution in [3.63, 3.8) is 0 Å². The minimum atomic E-state index is -0.350. The maximum atomic E-state index is 11.7. The fourth-order valence-corrected chi connectivity index (χ4v) is 3.06. The van der Waals surface area contributed by atoms with Crippen LogP contribution in [0.25, 0.3) is 11.0 Å². The van der Waals surface area contributed by atoms with Crippen LogP contribution >= 0.6 is 0 Å². The Kier molecular flexibility index (Phi) is 3.96. The lowest BCUT2D eigenvalue weighted by Gasteiger charge is -2.35. The standard InChI is InChI=1S/C17H21N3O2/c1-11-6-4-5-9-20(11)16-12(2)18-14-8-7-13(17(21)22-3)10-15(14)19-16/h7-8,10-11H,4-6,9H2,1-3H3. The summed E-state index contributed by atoms with van der Waals surface area (Å²) in [5, 5.41) is 0. The van der Waals surface area contributed by atoms with Crippen LogP contribution in [0.2, 0.25) is 0 Å². The van der Waals surface area contributed by atoms with Crippen LogP contribution in [0.3, 0.4) is 0 Å². The third-order valence-corrected chi connectivity index (χ3v) is 4.31. The quantitative estimate of drug-likeness (QED) is 0.798. The second kappa shape index (κ2) is 5.91. The molecule has 2 aromatic rings. The Bertz CT molecular complexity index is 714. The number of hydrogen-bond donors (Lipinski definition) is 0. The summed E-state index contributed by atoms with van der Waals surface area (Å²) in [5.41, 5.74) is 2.98. The Morgan fingerprint density at radius 1 is 1.27 bits per heavy atom. The molecule has 22 heavy (non-hydrogen) atoms. The van der Waals surface area contributed by atoms with Gasteiger partial charge in [0.25, 0.3) is 0 Å². The molecule has 1 fully saturated rings. The predicted octanol–water partition coefficient (Wildman–Crippen LogP) is 3.10. The normalized spacial score (nSPS) is 18.5. The lowest BCUT2D eigenvalue weighted by atomic mass is 10.0. The van der Waals surface area contributed by atoms with E-state index in [2.05, 4.69) is 16.8 Å². The number of fused-ring (bicyclic) bond motifs is 1. The van der Waals surface area contributed by atoms with Crippen LogP contribution in [0.1, 0.15) is 42.2 Å². The highest BCUT2D eigenvalue weighted by Crippen LogP contribution is 2.27. The number of carbonyl (C=O) groups is 1. The molecule has 1 aliphatic rings. The van der Waals surface area contributed by atoms with Gasteiger partial charge in [0.2, 0.25) is 0 Å². The van der Waals surface area contributed by atoms with E-state index in [1.807, 2.05) is 13.0 Å². The van der Waals surface area contributed by atoms with Crippen molar-refractivity contribution in [1.82, 2.24) is 9.97 Å². The van der Waals surface area contributed by atoms with Crippen molar-refractivity contribution in [3.05, 3.63) is 29.5 Å². The van der Waals surface area contributed by atoms with Gasteiger partial charge in [-0.15, -0.1) is 0 Å². The van der Waals surface area contributed by atoms with Crippen molar-refractivity contribution in [2.45, 2.75) is 39.2 Å². The van der Waals surface area contributed by atoms with E-state index < -0.39 is 0 Å². The minimum Gasteiger partial charge on any atom is -0.465 e. The first kappa shape index (κ1) is 14.8. The Balaban J connectivity index is 2.06. The van der Waals surface area contributed by atoms with Gasteiger partial charge in [-0.2, -0.15) is 0 Å². The number of hydrogen-bond acceptors (Lipinski definition) is 5. The molecule has 0 spiro atoms. The fraction of sp³-hybridized carbons (Fsp3) is 0.471. The molecule has 1 aliphatic heterocycles. The van der Waals surface area contributed by atoms with Crippen LogP contribution in [0.15, 0.2) is 18.2 Å². The van der Waals surface area contributed by atoms with E-state index in [1.165, 1.54) is 26.4 Å². The molecule has 0 bridgehead atoms. The number of piperidine rings is 1. The number of methoxy groups -OCH3 is 1. The maximum absolute atomic E-state index is 11.7. The number of aromatic nitrogens is 2. The molecule has 0 radical (unpaired) electrons. The Morgan fingerprint density at radius 2 is 2.09 bits per heavy atom. The molecular formula is C17H21N3O2. The van der Waals surface area contributed by atoms with Gasteiger partial charge in [-0.05, 0) is 51.3 Å². The number of carbonyl (C=O) groups excluding carboxylic acids is 1. The molecule has 2 heterocycles. The summed E-state index contributed by atoms with van der Waals surface area (Å²) in [5.74, 6) is 0.582. The smallest absolute Gasteiger partial charge is 0.337 e. The van der Waals surface area contributed by atoms with Crippen LogP contribution in [-0.4, -0.2) is 35.6 Å². The van der Waals surface area contributed by atoms with Gasteiger partial charge < -0.3 is 9.64 Å². The molecule has 5 heteroatoms. The van der Waals surface area contributed by atoms with Crippen molar-refractivity contribution in [2.75, 3.05) is 18.6 Å². The summed E-state index contributed by atoms with van der Waals surface area (Å²) in [4.78, 5) is 23.4. The van der Waals surface area contributed by atoms with Crippen LogP contribution in [0.5, 0.6) is 0 Å². The molecule has 1 unspecified atom stereocenters. The average Bonchev–Trinajstić information content (AvgIpc) is 2.54. The minimum absolute atomic E-state index is 0.350. The van der Waals surface area contributed by atoms with Crippen LogP contribution < -0.4 is 4.90 Å². The lowest BCUT2D eigenvalue weighted by Crippen LogP contribution is -2.38. The van der Waals surface area contributed by atoms with Gasteiger partial charge >= 0.3 is 5.97 Å². The van der Waals surface area contributed by atoms with Gasteiger partial charge in [-0.25, -0.2) is 14.8 Å². The van der Waals surface area contributed by atoms with Crippen molar-refractivity contribution < 1.29 is 9.53 Å². The van der Waals surface area contributed by atoms with Gasteiger partial charge in [0.05, 0.1) is 29.4 Å². The van der Waals surface area contributed by atoms with Gasteiger partial charge in [-0.3, -0.25) is 0 Å². The number of anilines is 1. The van der Waals surface area contributed by atoms with E-state index in [-0.39, 0.29) is 5.97 Å². The molecular weight excluding hydrogens is 278 g/mol. The first-order valence-electron chi connectivity index (χ1n) is 7.73. The maximum Gasteiger partial charge on any atom is 0.337 e. The molecule has 0 N–H and O–H groups in total. The molecule has 1 aromatic heterocycles. The van der Waals surface area contributed by atoms with Crippen LogP contribution in [0, 0.1) is 6.92 Å². The molecule has 3 rings (SSSR count). The third kappa shape index (κ3) is 2.63. The molecule has 0 saturated carbocycles. The van der Waals surface area contributed by atoms with Crippen molar-refractivity contribution in [2.24, 2.45) is 0 Å². The summed E-state index contributed by atoms with van der Waals surface area (Å²) < 4.78 is 4.77. The monoisotopic (exact) mass is 299 g/mol. The van der Waals surface area contributed by atoms with Gasteiger partial charge in [0.15, 0.2) is 5.82 Å². The van der Waals surface area contributed by atoms with E-state index in [0.717, 1.165) is 29.1 Å². The number of benzene rings is 1. The topological polar surface area (TPSA) is 55.3 Å². The third-order valence-electron chi connectivity index (χ3n) is 4.31. The van der Waals surface area contributed by atoms with E-state index in [1.54, 1.807) is 12.1 Å². The molecule has 1 aromatic carbocycles. The SMILES string of the molecule is COC(=O)c1ccc2nc(C)c(N3CCCCC3C)nc2c1. The Labute approximate surface area is 130 Å². The van der Waals surface area contributed by atoms with E-state index >= 15 is 0 Å². The molecule has 0 aliphatic carbocycles. The summed E-state index contributed by atoms with van der Waals surface area (Å²) in [7, 11) is 1.38. The highest BCUT2D eigenvalue weighted by molar-refractivity contribution is 5.93. The first-order chi connectivity index (χ1) is 10.6. The van der Waals surface area contributed by atoms with E-state index in [4.69, 9.17) is 9.72 Å². The second-order valence-electron chi connectivity index (χ2n) is 5.87. The predicted molar refractivity (Wildman–Crippen MR) is 86.3 cm³/mol. The number of aryl methyl sites for hydroxylation is 1. The second-order valence-corrected chi connectivity index (χ2v) is 5.87. The molecule has 5 nitrogen and oxygen atoms in total. The summed E-state index contributed by atoms with van der Waals surface area (Å²) >= 11 is 0. The lowest BCUT2D eigenvalue weighted by molar-refractivity contribution is 0.0601. The number of nitrogens with zero attached hydrogens (tertiary/aromatic N) is 3.